The van der Waals surface area contributed by atoms with Crippen molar-refractivity contribution in [3.63, 3.8) is 0 Å². The first-order valence-electron chi connectivity index (χ1n) is 11.1. The summed E-state index contributed by atoms with van der Waals surface area (Å²) in [4.78, 5) is 19.2. The zero-order valence-corrected chi connectivity index (χ0v) is 21.2. The summed E-state index contributed by atoms with van der Waals surface area (Å²) in [7, 11) is 0. The molecule has 1 aromatic heterocycles. The Morgan fingerprint density at radius 1 is 1.32 bits per heavy atom. The maximum Gasteiger partial charge on any atom is 0.407 e. The normalized spacial score (nSPS) is 22.0. The first-order valence-corrected chi connectivity index (χ1v) is 11.1. The van der Waals surface area contributed by atoms with Crippen LogP contribution in [0.25, 0.3) is 0 Å². The third-order valence-corrected chi connectivity index (χ3v) is 5.16. The molecule has 0 aliphatic carbocycles. The number of guanidine groups is 1. The van der Waals surface area contributed by atoms with Gasteiger partial charge in [0, 0.05) is 32.7 Å². The summed E-state index contributed by atoms with van der Waals surface area (Å²) in [6.07, 6.45) is 6.57. The van der Waals surface area contributed by atoms with Crippen molar-refractivity contribution in [2.45, 2.75) is 70.6 Å². The molecule has 2 atom stereocenters. The molecule has 8 nitrogen and oxygen atoms in total. The minimum Gasteiger partial charge on any atom is -0.469 e. The van der Waals surface area contributed by atoms with Gasteiger partial charge < -0.3 is 29.4 Å². The molecule has 0 saturated carbocycles. The second-order valence-electron chi connectivity index (χ2n) is 8.99. The second-order valence-corrected chi connectivity index (χ2v) is 8.99. The Labute approximate surface area is 202 Å². The van der Waals surface area contributed by atoms with Crippen LogP contribution in [0.15, 0.2) is 27.8 Å². The lowest BCUT2D eigenvalue weighted by Gasteiger charge is -2.25. The summed E-state index contributed by atoms with van der Waals surface area (Å²) in [5.74, 6) is 1.81. The predicted molar refractivity (Wildman–Crippen MR) is 131 cm³/mol. The van der Waals surface area contributed by atoms with E-state index in [1.54, 1.807) is 6.26 Å². The molecular formula is C22H37IN4O4. The molecule has 2 fully saturated rings. The number of halogens is 1. The number of nitrogens with zero attached hydrogens (tertiary/aromatic N) is 2. The molecule has 0 radical (unpaired) electrons. The molecule has 2 aliphatic rings. The van der Waals surface area contributed by atoms with Crippen molar-refractivity contribution in [1.82, 2.24) is 15.5 Å². The molecular weight excluding hydrogens is 511 g/mol. The quantitative estimate of drug-likeness (QED) is 0.321. The number of ether oxygens (including phenoxy) is 2. The molecule has 0 spiro atoms. The van der Waals surface area contributed by atoms with Gasteiger partial charge in [0.2, 0.25) is 0 Å². The highest BCUT2D eigenvalue weighted by Gasteiger charge is 2.28. The molecule has 176 valence electrons. The third-order valence-electron chi connectivity index (χ3n) is 5.16. The summed E-state index contributed by atoms with van der Waals surface area (Å²) in [5, 5.41) is 6.45. The van der Waals surface area contributed by atoms with E-state index in [-0.39, 0.29) is 42.2 Å². The average molecular weight is 548 g/mol. The molecule has 0 bridgehead atoms. The fraction of sp³-hybridized carbons (Fsp3) is 0.727. The van der Waals surface area contributed by atoms with Crippen LogP contribution in [0.5, 0.6) is 0 Å². The monoisotopic (exact) mass is 548 g/mol. The van der Waals surface area contributed by atoms with Crippen molar-refractivity contribution in [1.29, 1.82) is 0 Å². The molecule has 2 N–H and O–H groups in total. The van der Waals surface area contributed by atoms with Gasteiger partial charge in [-0.3, -0.25) is 4.99 Å². The van der Waals surface area contributed by atoms with Gasteiger partial charge in [-0.15, -0.1) is 24.0 Å². The van der Waals surface area contributed by atoms with Crippen molar-refractivity contribution < 1.29 is 18.7 Å². The maximum atomic E-state index is 12.1. The largest absolute Gasteiger partial charge is 0.469 e. The summed E-state index contributed by atoms with van der Waals surface area (Å²) in [5.41, 5.74) is -0.498. The highest BCUT2D eigenvalue weighted by molar-refractivity contribution is 14.0. The van der Waals surface area contributed by atoms with Crippen LogP contribution in [0, 0.1) is 0 Å². The Morgan fingerprint density at radius 3 is 2.84 bits per heavy atom. The van der Waals surface area contributed by atoms with Crippen LogP contribution in [0.4, 0.5) is 4.79 Å². The standard InChI is InChI=1S/C22H36N4O4.HI/c1-22(2,3)30-21(27)25-17-10-12-26(16-17)20(23-11-9-18-8-6-14-28-18)24-15-19-7-4-5-13-29-19;/h6,8,14,17,19H,4-5,7,9-13,15-16H2,1-3H3,(H,23,24)(H,25,27);1H. The Hall–Kier alpha value is -1.49. The number of hydrogen-bond donors (Lipinski definition) is 2. The molecule has 1 amide bonds. The maximum absolute atomic E-state index is 12.1. The topological polar surface area (TPSA) is 88.3 Å². The molecule has 3 rings (SSSR count). The minimum atomic E-state index is -0.498. The van der Waals surface area contributed by atoms with E-state index in [0.717, 1.165) is 57.1 Å². The Balaban J connectivity index is 0.00000341. The number of rotatable bonds is 6. The predicted octanol–water partition coefficient (Wildman–Crippen LogP) is 3.55. The number of aliphatic imine (C=N–C) groups is 1. The van der Waals surface area contributed by atoms with E-state index in [2.05, 4.69) is 15.5 Å². The van der Waals surface area contributed by atoms with Gasteiger partial charge in [0.25, 0.3) is 0 Å². The molecule has 2 aliphatic heterocycles. The number of likely N-dealkylation sites (tertiary alicyclic amines) is 1. The van der Waals surface area contributed by atoms with E-state index in [9.17, 15) is 4.79 Å². The van der Waals surface area contributed by atoms with Gasteiger partial charge >= 0.3 is 6.09 Å². The van der Waals surface area contributed by atoms with E-state index >= 15 is 0 Å². The first-order chi connectivity index (χ1) is 14.4. The molecule has 1 aromatic rings. The number of carbonyl (C=O) groups excluding carboxylic acids is 1. The van der Waals surface area contributed by atoms with Gasteiger partial charge in [0.1, 0.15) is 11.4 Å². The van der Waals surface area contributed by atoms with Gasteiger partial charge in [0.05, 0.1) is 25.0 Å². The molecule has 2 saturated heterocycles. The number of carbonyl (C=O) groups is 1. The third kappa shape index (κ3) is 9.26. The lowest BCUT2D eigenvalue weighted by molar-refractivity contribution is 0.0223. The van der Waals surface area contributed by atoms with Gasteiger partial charge in [0.15, 0.2) is 5.96 Å². The van der Waals surface area contributed by atoms with Crippen molar-refractivity contribution in [3.05, 3.63) is 24.2 Å². The van der Waals surface area contributed by atoms with E-state index < -0.39 is 5.60 Å². The van der Waals surface area contributed by atoms with Crippen LogP contribution < -0.4 is 10.6 Å². The summed E-state index contributed by atoms with van der Waals surface area (Å²) < 4.78 is 16.6. The van der Waals surface area contributed by atoms with Crippen LogP contribution in [0.2, 0.25) is 0 Å². The number of nitrogens with one attached hydrogen (secondary N) is 2. The highest BCUT2D eigenvalue weighted by atomic mass is 127. The Kier molecular flexibility index (Phi) is 10.4. The zero-order valence-electron chi connectivity index (χ0n) is 18.9. The van der Waals surface area contributed by atoms with E-state index in [4.69, 9.17) is 18.9 Å². The van der Waals surface area contributed by atoms with Gasteiger partial charge in [-0.2, -0.15) is 0 Å². The Morgan fingerprint density at radius 2 is 2.16 bits per heavy atom. The first kappa shape index (κ1) is 25.8. The molecule has 2 unspecified atom stereocenters. The summed E-state index contributed by atoms with van der Waals surface area (Å²) in [6.45, 7) is 9.36. The van der Waals surface area contributed by atoms with Crippen molar-refractivity contribution in [2.24, 2.45) is 4.99 Å². The fourth-order valence-electron chi connectivity index (χ4n) is 3.70. The molecule has 3 heterocycles. The summed E-state index contributed by atoms with van der Waals surface area (Å²) in [6, 6.07) is 3.92. The smallest absolute Gasteiger partial charge is 0.407 e. The van der Waals surface area contributed by atoms with Crippen LogP contribution in [0.3, 0.4) is 0 Å². The number of alkyl carbamates (subject to hydrolysis) is 1. The van der Waals surface area contributed by atoms with Crippen LogP contribution in [-0.4, -0.2) is 67.5 Å². The fourth-order valence-corrected chi connectivity index (χ4v) is 3.70. The van der Waals surface area contributed by atoms with Gasteiger partial charge in [-0.05, 0) is 58.6 Å². The van der Waals surface area contributed by atoms with Gasteiger partial charge in [-0.25, -0.2) is 4.79 Å². The lowest BCUT2D eigenvalue weighted by Crippen LogP contribution is -2.45. The van der Waals surface area contributed by atoms with Crippen molar-refractivity contribution in [2.75, 3.05) is 32.8 Å². The zero-order chi connectivity index (χ0) is 21.4. The second kappa shape index (κ2) is 12.5. The number of hydrogen-bond acceptors (Lipinski definition) is 5. The highest BCUT2D eigenvalue weighted by Crippen LogP contribution is 2.15. The van der Waals surface area contributed by atoms with Crippen molar-refractivity contribution >= 4 is 36.0 Å². The Bertz CT molecular complexity index is 684. The van der Waals surface area contributed by atoms with Crippen LogP contribution in [0.1, 0.15) is 52.2 Å². The lowest BCUT2D eigenvalue weighted by atomic mass is 10.1. The van der Waals surface area contributed by atoms with Crippen molar-refractivity contribution in [3.8, 4) is 0 Å². The van der Waals surface area contributed by atoms with E-state index in [1.165, 1.54) is 6.42 Å². The number of amides is 1. The SMILES string of the molecule is CC(C)(C)OC(=O)NC1CCN(C(=NCC2CCCCO2)NCCc2ccco2)C1.I. The minimum absolute atomic E-state index is 0. The van der Waals surface area contributed by atoms with E-state index in [0.29, 0.717) is 13.1 Å². The van der Waals surface area contributed by atoms with Crippen LogP contribution >= 0.6 is 24.0 Å². The van der Waals surface area contributed by atoms with Crippen LogP contribution in [-0.2, 0) is 15.9 Å². The summed E-state index contributed by atoms with van der Waals surface area (Å²) >= 11 is 0. The van der Waals surface area contributed by atoms with Gasteiger partial charge in [-0.1, -0.05) is 0 Å². The van der Waals surface area contributed by atoms with E-state index in [1.807, 2.05) is 32.9 Å². The number of furan rings is 1. The average Bonchev–Trinajstić information content (AvgIpc) is 3.36. The molecule has 9 heteroatoms. The molecule has 31 heavy (non-hydrogen) atoms. The molecule has 0 aromatic carbocycles.